The number of para-hydroxylation sites is 1. The molecule has 0 aliphatic rings. The van der Waals surface area contributed by atoms with Gasteiger partial charge in [0, 0.05) is 11.9 Å². The third kappa shape index (κ3) is 4.17. The Morgan fingerprint density at radius 2 is 1.96 bits per heavy atom. The molecule has 26 heavy (non-hydrogen) atoms. The fourth-order valence-corrected chi connectivity index (χ4v) is 2.75. The molecule has 2 aromatic carbocycles. The largest absolute Gasteiger partial charge is 0.490 e. The predicted molar refractivity (Wildman–Crippen MR) is 102 cm³/mol. The topological polar surface area (TPSA) is 63.5 Å². The highest BCUT2D eigenvalue weighted by atomic mass is 16.5. The van der Waals surface area contributed by atoms with Crippen LogP contribution < -0.4 is 15.4 Å². The van der Waals surface area contributed by atoms with Crippen LogP contribution in [0.1, 0.15) is 36.8 Å². The molecule has 1 atom stereocenters. The minimum atomic E-state index is -0.255. The van der Waals surface area contributed by atoms with Crippen LogP contribution >= 0.6 is 0 Å². The van der Waals surface area contributed by atoms with Crippen LogP contribution in [-0.2, 0) is 6.54 Å². The molecule has 136 valence electrons. The zero-order chi connectivity index (χ0) is 18.5. The summed E-state index contributed by atoms with van der Waals surface area (Å²) in [4.78, 5) is 12.2. The van der Waals surface area contributed by atoms with E-state index in [1.165, 1.54) is 5.56 Å². The Morgan fingerprint density at radius 3 is 2.69 bits per heavy atom. The number of hydrogen-bond acceptors (Lipinski definition) is 3. The van der Waals surface area contributed by atoms with Crippen molar-refractivity contribution in [3.8, 4) is 5.75 Å². The summed E-state index contributed by atoms with van der Waals surface area (Å²) in [5, 5.41) is 6.73. The Bertz CT molecular complexity index is 884. The molecule has 0 saturated carbocycles. The average Bonchev–Trinajstić information content (AvgIpc) is 3.07. The van der Waals surface area contributed by atoms with E-state index in [1.54, 1.807) is 0 Å². The van der Waals surface area contributed by atoms with E-state index in [0.29, 0.717) is 30.2 Å². The van der Waals surface area contributed by atoms with Gasteiger partial charge in [0.2, 0.25) is 0 Å². The number of benzene rings is 2. The molecule has 0 aliphatic heterocycles. The monoisotopic (exact) mass is 352 g/mol. The number of aryl methyl sites for hydroxylation is 1. The molecule has 0 bridgehead atoms. The Kier molecular flexibility index (Phi) is 5.46. The normalized spacial score (nSPS) is 12.0. The van der Waals surface area contributed by atoms with E-state index in [4.69, 9.17) is 9.15 Å². The number of fused-ring (bicyclic) bond motifs is 1. The summed E-state index contributed by atoms with van der Waals surface area (Å²) in [5.41, 5.74) is 2.96. The number of hydrogen-bond donors (Lipinski definition) is 2. The fourth-order valence-electron chi connectivity index (χ4n) is 2.75. The molecule has 0 aliphatic carbocycles. The summed E-state index contributed by atoms with van der Waals surface area (Å²) in [5.74, 6) is 1.41. The lowest BCUT2D eigenvalue weighted by molar-refractivity contribution is 0.236. The summed E-state index contributed by atoms with van der Waals surface area (Å²) in [6.07, 6.45) is 0. The number of carbonyl (C=O) groups excluding carboxylic acids is 1. The molecule has 3 aromatic rings. The van der Waals surface area contributed by atoms with Gasteiger partial charge in [0.1, 0.15) is 5.76 Å². The van der Waals surface area contributed by atoms with E-state index in [9.17, 15) is 4.79 Å². The van der Waals surface area contributed by atoms with Crippen molar-refractivity contribution in [2.45, 2.75) is 33.4 Å². The quantitative estimate of drug-likeness (QED) is 0.676. The van der Waals surface area contributed by atoms with Crippen LogP contribution in [0.3, 0.4) is 0 Å². The van der Waals surface area contributed by atoms with E-state index >= 15 is 0 Å². The molecule has 0 radical (unpaired) electrons. The number of carbonyl (C=O) groups is 1. The number of rotatable bonds is 6. The highest BCUT2D eigenvalue weighted by molar-refractivity contribution is 5.84. The molecule has 0 spiro atoms. The first kappa shape index (κ1) is 17.9. The maximum absolute atomic E-state index is 12.2. The zero-order valence-corrected chi connectivity index (χ0v) is 15.3. The maximum atomic E-state index is 12.2. The molecule has 5 heteroatoms. The van der Waals surface area contributed by atoms with Gasteiger partial charge in [-0.3, -0.25) is 0 Å². The van der Waals surface area contributed by atoms with Crippen molar-refractivity contribution in [3.63, 3.8) is 0 Å². The van der Waals surface area contributed by atoms with Gasteiger partial charge in [-0.1, -0.05) is 42.0 Å². The second kappa shape index (κ2) is 7.95. The number of ether oxygens (including phenoxy) is 1. The first-order valence-corrected chi connectivity index (χ1v) is 8.82. The molecular formula is C21H24N2O3. The molecule has 2 amide bonds. The van der Waals surface area contributed by atoms with Crippen LogP contribution in [0.5, 0.6) is 5.75 Å². The fraction of sp³-hybridized carbons (Fsp3) is 0.286. The molecule has 2 N–H and O–H groups in total. The molecule has 0 fully saturated rings. The highest BCUT2D eigenvalue weighted by Gasteiger charge is 2.16. The Morgan fingerprint density at radius 1 is 1.19 bits per heavy atom. The van der Waals surface area contributed by atoms with Crippen LogP contribution in [0.2, 0.25) is 0 Å². The van der Waals surface area contributed by atoms with Gasteiger partial charge in [0.15, 0.2) is 11.3 Å². The highest BCUT2D eigenvalue weighted by Crippen LogP contribution is 2.31. The van der Waals surface area contributed by atoms with E-state index in [0.717, 1.165) is 10.9 Å². The van der Waals surface area contributed by atoms with Crippen molar-refractivity contribution >= 4 is 17.0 Å². The lowest BCUT2D eigenvalue weighted by Gasteiger charge is -2.12. The lowest BCUT2D eigenvalue weighted by Crippen LogP contribution is -2.36. The van der Waals surface area contributed by atoms with Crippen molar-refractivity contribution in [1.82, 2.24) is 10.6 Å². The number of furan rings is 1. The first-order chi connectivity index (χ1) is 12.6. The van der Waals surface area contributed by atoms with Gasteiger partial charge < -0.3 is 19.8 Å². The Labute approximate surface area is 153 Å². The molecule has 5 nitrogen and oxygen atoms in total. The van der Waals surface area contributed by atoms with Gasteiger partial charge in [-0.2, -0.15) is 0 Å². The van der Waals surface area contributed by atoms with Gasteiger partial charge in [0.05, 0.1) is 12.6 Å². The number of nitrogens with one attached hydrogen (secondary N) is 2. The third-order valence-electron chi connectivity index (χ3n) is 4.17. The molecular weight excluding hydrogens is 328 g/mol. The van der Waals surface area contributed by atoms with Gasteiger partial charge in [-0.25, -0.2) is 4.79 Å². The Balaban J connectivity index is 1.62. The SMILES string of the molecule is CCOc1cccc2cc(C(C)NC(=O)NCc3ccc(C)cc3)oc12. The summed E-state index contributed by atoms with van der Waals surface area (Å²) in [6.45, 7) is 6.92. The van der Waals surface area contributed by atoms with Gasteiger partial charge in [-0.05, 0) is 38.5 Å². The minimum Gasteiger partial charge on any atom is -0.490 e. The maximum Gasteiger partial charge on any atom is 0.315 e. The predicted octanol–water partition coefficient (Wildman–Crippen LogP) is 4.70. The van der Waals surface area contributed by atoms with E-state index in [2.05, 4.69) is 10.6 Å². The van der Waals surface area contributed by atoms with Gasteiger partial charge in [0.25, 0.3) is 0 Å². The van der Waals surface area contributed by atoms with Crippen LogP contribution in [0.4, 0.5) is 4.79 Å². The molecule has 1 aromatic heterocycles. The zero-order valence-electron chi connectivity index (χ0n) is 15.3. The standard InChI is InChI=1S/C21H24N2O3/c1-4-25-18-7-5-6-17-12-19(26-20(17)18)15(3)23-21(24)22-13-16-10-8-14(2)9-11-16/h5-12,15H,4,13H2,1-3H3,(H2,22,23,24). The smallest absolute Gasteiger partial charge is 0.315 e. The van der Waals surface area contributed by atoms with Crippen LogP contribution in [0, 0.1) is 6.92 Å². The molecule has 0 saturated heterocycles. The van der Waals surface area contributed by atoms with Crippen molar-refractivity contribution in [1.29, 1.82) is 0 Å². The van der Waals surface area contributed by atoms with Crippen molar-refractivity contribution < 1.29 is 13.9 Å². The van der Waals surface area contributed by atoms with Crippen LogP contribution in [-0.4, -0.2) is 12.6 Å². The second-order valence-corrected chi connectivity index (χ2v) is 6.29. The van der Waals surface area contributed by atoms with Crippen LogP contribution in [0.25, 0.3) is 11.0 Å². The van der Waals surface area contributed by atoms with E-state index in [1.807, 2.05) is 69.3 Å². The van der Waals surface area contributed by atoms with Crippen molar-refractivity contribution in [2.24, 2.45) is 0 Å². The summed E-state index contributed by atoms with van der Waals surface area (Å²) in [6, 6.07) is 15.3. The van der Waals surface area contributed by atoms with E-state index < -0.39 is 0 Å². The third-order valence-corrected chi connectivity index (χ3v) is 4.17. The minimum absolute atomic E-state index is 0.233. The van der Waals surface area contributed by atoms with E-state index in [-0.39, 0.29) is 12.1 Å². The van der Waals surface area contributed by atoms with Crippen LogP contribution in [0.15, 0.2) is 52.9 Å². The number of amides is 2. The number of urea groups is 1. The summed E-state index contributed by atoms with van der Waals surface area (Å²) < 4.78 is 11.5. The summed E-state index contributed by atoms with van der Waals surface area (Å²) in [7, 11) is 0. The van der Waals surface area contributed by atoms with Crippen molar-refractivity contribution in [2.75, 3.05) is 6.61 Å². The van der Waals surface area contributed by atoms with Gasteiger partial charge in [-0.15, -0.1) is 0 Å². The lowest BCUT2D eigenvalue weighted by atomic mass is 10.1. The Hall–Kier alpha value is -2.95. The molecule has 3 rings (SSSR count). The molecule has 1 unspecified atom stereocenters. The average molecular weight is 352 g/mol. The summed E-state index contributed by atoms with van der Waals surface area (Å²) >= 11 is 0. The second-order valence-electron chi connectivity index (χ2n) is 6.29. The van der Waals surface area contributed by atoms with Gasteiger partial charge >= 0.3 is 6.03 Å². The molecule has 1 heterocycles. The first-order valence-electron chi connectivity index (χ1n) is 8.82. The van der Waals surface area contributed by atoms with Crippen molar-refractivity contribution in [3.05, 3.63) is 65.4 Å².